The first-order valence-electron chi connectivity index (χ1n) is 13.4. The van der Waals surface area contributed by atoms with Crippen molar-refractivity contribution in [2.75, 3.05) is 43.4 Å². The number of hydrogen-bond acceptors (Lipinski definition) is 7. The summed E-state index contributed by atoms with van der Waals surface area (Å²) >= 11 is 0. The molecule has 1 aromatic heterocycles. The first-order valence-corrected chi connectivity index (χ1v) is 15.1. The Hall–Kier alpha value is -3.71. The smallest absolute Gasteiger partial charge is 0.390 e. The summed E-state index contributed by atoms with van der Waals surface area (Å²) in [5, 5.41) is 0. The maximum Gasteiger partial charge on any atom is 0.390 e. The van der Waals surface area contributed by atoms with Crippen LogP contribution in [0.4, 0.5) is 23.2 Å². The fraction of sp³-hybridized carbons (Fsp3) is 0.379. The van der Waals surface area contributed by atoms with Gasteiger partial charge in [0.2, 0.25) is 10.0 Å². The van der Waals surface area contributed by atoms with Gasteiger partial charge in [-0.25, -0.2) is 17.5 Å². The van der Waals surface area contributed by atoms with Gasteiger partial charge in [-0.3, -0.25) is 14.7 Å². The van der Waals surface area contributed by atoms with E-state index < -0.39 is 34.3 Å². The lowest BCUT2D eigenvalue weighted by Crippen LogP contribution is -2.47. The van der Waals surface area contributed by atoms with E-state index in [1.807, 2.05) is 26.0 Å². The van der Waals surface area contributed by atoms with E-state index in [4.69, 9.17) is 4.74 Å². The standard InChI is InChI=1S/C29H32F4N4O4S/c1-3-41-25-16-23(18-34-19-25)22-6-9-26(27(30)17-22)20(2)36-11-13-37(14-12-36)24-7-4-21(5-8-24)28(38)35-42(39,40)15-10-29(31,32)33/h4-9,16-20H,3,10-15H2,1-2H3,(H,35,38). The van der Waals surface area contributed by atoms with Crippen molar-refractivity contribution >= 4 is 21.6 Å². The lowest BCUT2D eigenvalue weighted by Gasteiger charge is -2.39. The number of rotatable bonds is 10. The molecule has 1 amide bonds. The van der Waals surface area contributed by atoms with Gasteiger partial charge in [-0.2, -0.15) is 13.2 Å². The molecule has 4 rings (SSSR count). The molecule has 0 radical (unpaired) electrons. The molecule has 1 aliphatic rings. The van der Waals surface area contributed by atoms with E-state index in [2.05, 4.69) is 14.8 Å². The third-order valence-electron chi connectivity index (χ3n) is 7.07. The Labute approximate surface area is 242 Å². The molecule has 1 N–H and O–H groups in total. The van der Waals surface area contributed by atoms with Crippen LogP contribution < -0.4 is 14.4 Å². The van der Waals surface area contributed by atoms with Gasteiger partial charge in [0.15, 0.2) is 0 Å². The summed E-state index contributed by atoms with van der Waals surface area (Å²) in [5.74, 6) is -1.90. The van der Waals surface area contributed by atoms with Crippen LogP contribution in [0.2, 0.25) is 0 Å². The summed E-state index contributed by atoms with van der Waals surface area (Å²) in [6.45, 7) is 6.93. The lowest BCUT2D eigenvalue weighted by molar-refractivity contribution is -0.130. The summed E-state index contributed by atoms with van der Waals surface area (Å²) in [6.07, 6.45) is -2.91. The Balaban J connectivity index is 1.33. The normalized spacial score (nSPS) is 15.3. The van der Waals surface area contributed by atoms with Crippen molar-refractivity contribution in [3.63, 3.8) is 0 Å². The van der Waals surface area contributed by atoms with Crippen molar-refractivity contribution in [2.24, 2.45) is 0 Å². The summed E-state index contributed by atoms with van der Waals surface area (Å²) in [6, 6.07) is 13.0. The molecule has 0 bridgehead atoms. The molecule has 0 aliphatic carbocycles. The number of pyridine rings is 1. The monoisotopic (exact) mass is 608 g/mol. The van der Waals surface area contributed by atoms with Gasteiger partial charge in [0, 0.05) is 60.8 Å². The molecule has 8 nitrogen and oxygen atoms in total. The van der Waals surface area contributed by atoms with Crippen LogP contribution in [0.25, 0.3) is 11.1 Å². The highest BCUT2D eigenvalue weighted by Crippen LogP contribution is 2.30. The van der Waals surface area contributed by atoms with Crippen LogP contribution in [0.5, 0.6) is 5.75 Å². The van der Waals surface area contributed by atoms with Crippen molar-refractivity contribution in [1.29, 1.82) is 0 Å². The quantitative estimate of drug-likeness (QED) is 0.317. The highest BCUT2D eigenvalue weighted by Gasteiger charge is 2.31. The van der Waals surface area contributed by atoms with Crippen LogP contribution in [0.1, 0.15) is 42.2 Å². The van der Waals surface area contributed by atoms with Crippen molar-refractivity contribution < 1.29 is 35.5 Å². The average Bonchev–Trinajstić information content (AvgIpc) is 2.96. The van der Waals surface area contributed by atoms with Crippen LogP contribution in [0, 0.1) is 5.82 Å². The molecule has 0 spiro atoms. The van der Waals surface area contributed by atoms with Crippen LogP contribution >= 0.6 is 0 Å². The number of anilines is 1. The van der Waals surface area contributed by atoms with E-state index in [-0.39, 0.29) is 17.4 Å². The Morgan fingerprint density at radius 2 is 1.71 bits per heavy atom. The third-order valence-corrected chi connectivity index (χ3v) is 8.31. The maximum absolute atomic E-state index is 15.2. The van der Waals surface area contributed by atoms with Crippen LogP contribution in [-0.2, 0) is 10.0 Å². The summed E-state index contributed by atoms with van der Waals surface area (Å²) in [5.41, 5.74) is 2.87. The van der Waals surface area contributed by atoms with Gasteiger partial charge in [0.05, 0.1) is 25.0 Å². The number of carbonyl (C=O) groups excluding carboxylic acids is 1. The number of hydrogen-bond donors (Lipinski definition) is 1. The van der Waals surface area contributed by atoms with Crippen LogP contribution in [-0.4, -0.2) is 68.9 Å². The van der Waals surface area contributed by atoms with Crippen LogP contribution in [0.3, 0.4) is 0 Å². The molecular formula is C29H32F4N4O4S. The first-order chi connectivity index (χ1) is 19.8. The predicted octanol–water partition coefficient (Wildman–Crippen LogP) is 5.18. The summed E-state index contributed by atoms with van der Waals surface area (Å²) < 4.78 is 83.1. The number of amides is 1. The fourth-order valence-electron chi connectivity index (χ4n) is 4.76. The Kier molecular flexibility index (Phi) is 9.72. The fourth-order valence-corrected chi connectivity index (χ4v) is 5.76. The largest absolute Gasteiger partial charge is 0.492 e. The number of sulfonamides is 1. The summed E-state index contributed by atoms with van der Waals surface area (Å²) in [4.78, 5) is 20.7. The lowest BCUT2D eigenvalue weighted by atomic mass is 10.00. The number of nitrogens with zero attached hydrogens (tertiary/aromatic N) is 3. The number of halogens is 4. The second-order valence-electron chi connectivity index (χ2n) is 9.94. The highest BCUT2D eigenvalue weighted by molar-refractivity contribution is 7.90. The molecule has 2 aromatic carbocycles. The number of piperazine rings is 1. The zero-order valence-electron chi connectivity index (χ0n) is 23.2. The molecule has 42 heavy (non-hydrogen) atoms. The van der Waals surface area contributed by atoms with Gasteiger partial charge >= 0.3 is 6.18 Å². The van der Waals surface area contributed by atoms with Gasteiger partial charge in [0.1, 0.15) is 11.6 Å². The number of ether oxygens (including phenoxy) is 1. The average molecular weight is 609 g/mol. The Morgan fingerprint density at radius 3 is 2.33 bits per heavy atom. The van der Waals surface area contributed by atoms with Gasteiger partial charge in [0.25, 0.3) is 5.91 Å². The Bertz CT molecular complexity index is 1490. The molecule has 0 saturated carbocycles. The number of aromatic nitrogens is 1. The number of carbonyl (C=O) groups is 1. The summed E-state index contributed by atoms with van der Waals surface area (Å²) in [7, 11) is -4.42. The molecule has 1 aliphatic heterocycles. The van der Waals surface area contributed by atoms with Crippen molar-refractivity contribution in [1.82, 2.24) is 14.6 Å². The van der Waals surface area contributed by atoms with E-state index >= 15 is 4.39 Å². The predicted molar refractivity (Wildman–Crippen MR) is 151 cm³/mol. The third kappa shape index (κ3) is 8.19. The zero-order valence-corrected chi connectivity index (χ0v) is 24.0. The Morgan fingerprint density at radius 1 is 1.02 bits per heavy atom. The minimum atomic E-state index is -4.64. The van der Waals surface area contributed by atoms with E-state index in [0.717, 1.165) is 11.3 Å². The molecule has 1 fully saturated rings. The number of nitrogens with one attached hydrogen (secondary N) is 1. The van der Waals surface area contributed by atoms with Crippen molar-refractivity contribution in [3.8, 4) is 16.9 Å². The van der Waals surface area contributed by atoms with E-state index in [1.54, 1.807) is 35.3 Å². The van der Waals surface area contributed by atoms with Gasteiger partial charge in [-0.05, 0) is 55.8 Å². The topological polar surface area (TPSA) is 91.8 Å². The van der Waals surface area contributed by atoms with E-state index in [1.165, 1.54) is 18.2 Å². The molecule has 13 heteroatoms. The SMILES string of the molecule is CCOc1cncc(-c2ccc(C(C)N3CCN(c4ccc(C(=O)NS(=O)(=O)CCC(F)(F)F)cc4)CC3)c(F)c2)c1. The van der Waals surface area contributed by atoms with Gasteiger partial charge < -0.3 is 9.64 Å². The molecule has 1 atom stereocenters. The minimum Gasteiger partial charge on any atom is -0.492 e. The molecule has 3 aromatic rings. The van der Waals surface area contributed by atoms with Crippen LogP contribution in [0.15, 0.2) is 60.9 Å². The second kappa shape index (κ2) is 13.1. The molecule has 1 saturated heterocycles. The minimum absolute atomic E-state index is 0.0147. The van der Waals surface area contributed by atoms with E-state index in [9.17, 15) is 26.4 Å². The van der Waals surface area contributed by atoms with Crippen molar-refractivity contribution in [3.05, 3.63) is 77.9 Å². The number of alkyl halides is 3. The number of benzene rings is 2. The van der Waals surface area contributed by atoms with Gasteiger partial charge in [-0.1, -0.05) is 12.1 Å². The van der Waals surface area contributed by atoms with Gasteiger partial charge in [-0.15, -0.1) is 0 Å². The highest BCUT2D eigenvalue weighted by atomic mass is 32.2. The first kappa shape index (κ1) is 31.2. The molecular weight excluding hydrogens is 576 g/mol. The molecule has 226 valence electrons. The zero-order chi connectivity index (χ0) is 30.5. The second-order valence-corrected chi connectivity index (χ2v) is 11.8. The van der Waals surface area contributed by atoms with E-state index in [0.29, 0.717) is 49.7 Å². The van der Waals surface area contributed by atoms with Crippen molar-refractivity contribution in [2.45, 2.75) is 32.5 Å². The molecule has 1 unspecified atom stereocenters. The maximum atomic E-state index is 15.2. The molecule has 2 heterocycles.